The highest BCUT2D eigenvalue weighted by atomic mass is 19.4. The van der Waals surface area contributed by atoms with Gasteiger partial charge in [-0.1, -0.05) is 0 Å². The molecule has 12 heavy (non-hydrogen) atoms. The molecule has 3 nitrogen and oxygen atoms in total. The zero-order valence-corrected chi connectivity index (χ0v) is 6.06. The molecule has 0 unspecified atom stereocenters. The van der Waals surface area contributed by atoms with Crippen molar-refractivity contribution >= 4 is 5.97 Å². The van der Waals surface area contributed by atoms with E-state index in [1.807, 2.05) is 0 Å². The minimum absolute atomic E-state index is 0.0977. The van der Waals surface area contributed by atoms with Crippen molar-refractivity contribution in [3.8, 4) is 0 Å². The van der Waals surface area contributed by atoms with Crippen molar-refractivity contribution in [1.82, 2.24) is 5.32 Å². The van der Waals surface area contributed by atoms with Crippen LogP contribution in [0.2, 0.25) is 0 Å². The molecule has 1 aliphatic rings. The molecular weight excluding hydrogens is 175 g/mol. The number of alkyl halides is 3. The van der Waals surface area contributed by atoms with E-state index in [2.05, 4.69) is 5.32 Å². The maximum Gasteiger partial charge on any atom is 0.393 e. The standard InChI is InChI=1S/C6H8F3NO2/c7-6(8,9)4-2-10-1-3(4)5(11)12/h3-4,10H,1-2H2,(H,11,12)/t3-,4-/m1/s1. The Bertz CT molecular complexity index is 192. The molecule has 0 saturated carbocycles. The Kier molecular flexibility index (Phi) is 2.27. The summed E-state index contributed by atoms with van der Waals surface area (Å²) in [5.74, 6) is -4.46. The van der Waals surface area contributed by atoms with E-state index < -0.39 is 24.0 Å². The van der Waals surface area contributed by atoms with E-state index in [9.17, 15) is 18.0 Å². The summed E-state index contributed by atoms with van der Waals surface area (Å²) >= 11 is 0. The van der Waals surface area contributed by atoms with E-state index >= 15 is 0 Å². The third-order valence-corrected chi connectivity index (χ3v) is 1.95. The summed E-state index contributed by atoms with van der Waals surface area (Å²) in [5.41, 5.74) is 0. The highest BCUT2D eigenvalue weighted by Crippen LogP contribution is 2.34. The molecule has 2 atom stereocenters. The SMILES string of the molecule is O=C(O)[C@@H]1CNC[C@H]1C(F)(F)F. The van der Waals surface area contributed by atoms with Crippen LogP contribution in [0.5, 0.6) is 0 Å². The van der Waals surface area contributed by atoms with Gasteiger partial charge in [0.05, 0.1) is 11.8 Å². The van der Waals surface area contributed by atoms with Crippen LogP contribution in [-0.4, -0.2) is 30.3 Å². The molecule has 1 heterocycles. The van der Waals surface area contributed by atoms with Gasteiger partial charge in [-0.25, -0.2) is 0 Å². The molecule has 0 aromatic carbocycles. The number of rotatable bonds is 1. The summed E-state index contributed by atoms with van der Waals surface area (Å²) in [6.07, 6.45) is -4.41. The quantitative estimate of drug-likeness (QED) is 0.621. The van der Waals surface area contributed by atoms with Crippen LogP contribution >= 0.6 is 0 Å². The molecule has 1 aliphatic heterocycles. The Morgan fingerprint density at radius 1 is 1.42 bits per heavy atom. The van der Waals surface area contributed by atoms with Crippen LogP contribution in [0.1, 0.15) is 0 Å². The zero-order valence-electron chi connectivity index (χ0n) is 6.06. The lowest BCUT2D eigenvalue weighted by atomic mass is 9.96. The third kappa shape index (κ3) is 1.69. The molecule has 0 aromatic rings. The van der Waals surface area contributed by atoms with Crippen LogP contribution in [0.25, 0.3) is 0 Å². The first kappa shape index (κ1) is 9.31. The van der Waals surface area contributed by atoms with E-state index in [4.69, 9.17) is 5.11 Å². The molecule has 0 spiro atoms. The van der Waals surface area contributed by atoms with Gasteiger partial charge in [0.15, 0.2) is 0 Å². The van der Waals surface area contributed by atoms with Gasteiger partial charge in [-0.15, -0.1) is 0 Å². The molecule has 1 fully saturated rings. The summed E-state index contributed by atoms with van der Waals surface area (Å²) in [4.78, 5) is 10.3. The fourth-order valence-corrected chi connectivity index (χ4v) is 1.28. The first-order chi connectivity index (χ1) is 5.43. The lowest BCUT2D eigenvalue weighted by Gasteiger charge is -2.17. The number of halogens is 3. The molecule has 2 N–H and O–H groups in total. The van der Waals surface area contributed by atoms with Crippen molar-refractivity contribution in [3.63, 3.8) is 0 Å². The van der Waals surface area contributed by atoms with Crippen molar-refractivity contribution in [3.05, 3.63) is 0 Å². The maximum atomic E-state index is 12.1. The van der Waals surface area contributed by atoms with Gasteiger partial charge >= 0.3 is 12.1 Å². The predicted octanol–water partition coefficient (Wildman–Crippen LogP) is 0.469. The van der Waals surface area contributed by atoms with Crippen molar-refractivity contribution in [2.75, 3.05) is 13.1 Å². The van der Waals surface area contributed by atoms with Gasteiger partial charge in [-0.05, 0) is 0 Å². The number of carboxylic acids is 1. The average molecular weight is 183 g/mol. The highest BCUT2D eigenvalue weighted by Gasteiger charge is 2.49. The summed E-state index contributed by atoms with van der Waals surface area (Å²) in [6, 6.07) is 0. The second-order valence-electron chi connectivity index (χ2n) is 2.75. The minimum atomic E-state index is -4.41. The van der Waals surface area contributed by atoms with Gasteiger partial charge in [0.2, 0.25) is 0 Å². The van der Waals surface area contributed by atoms with Crippen molar-refractivity contribution in [2.45, 2.75) is 6.18 Å². The second kappa shape index (κ2) is 2.93. The summed E-state index contributed by atoms with van der Waals surface area (Å²) in [6.45, 7) is -0.389. The van der Waals surface area contributed by atoms with Crippen LogP contribution < -0.4 is 5.32 Å². The lowest BCUT2D eigenvalue weighted by molar-refractivity contribution is -0.187. The molecular formula is C6H8F3NO2. The first-order valence-electron chi connectivity index (χ1n) is 3.43. The van der Waals surface area contributed by atoms with Crippen LogP contribution in [0.4, 0.5) is 13.2 Å². The lowest BCUT2D eigenvalue weighted by Crippen LogP contribution is -2.33. The summed E-state index contributed by atoms with van der Waals surface area (Å²) in [5, 5.41) is 10.8. The van der Waals surface area contributed by atoms with E-state index in [0.717, 1.165) is 0 Å². The van der Waals surface area contributed by atoms with E-state index in [1.165, 1.54) is 0 Å². The number of hydrogen-bond donors (Lipinski definition) is 2. The summed E-state index contributed by atoms with van der Waals surface area (Å²) < 4.78 is 36.2. The monoisotopic (exact) mass is 183 g/mol. The molecule has 0 aliphatic carbocycles. The zero-order chi connectivity index (χ0) is 9.35. The fourth-order valence-electron chi connectivity index (χ4n) is 1.28. The predicted molar refractivity (Wildman–Crippen MR) is 33.5 cm³/mol. The highest BCUT2D eigenvalue weighted by molar-refractivity contribution is 5.71. The largest absolute Gasteiger partial charge is 0.481 e. The van der Waals surface area contributed by atoms with Gasteiger partial charge < -0.3 is 10.4 Å². The van der Waals surface area contributed by atoms with Crippen molar-refractivity contribution < 1.29 is 23.1 Å². The molecule has 0 radical (unpaired) electrons. The Morgan fingerprint density at radius 2 is 2.00 bits per heavy atom. The van der Waals surface area contributed by atoms with Gasteiger partial charge in [0.1, 0.15) is 0 Å². The molecule has 70 valence electrons. The first-order valence-corrected chi connectivity index (χ1v) is 3.43. The normalized spacial score (nSPS) is 30.6. The van der Waals surface area contributed by atoms with Gasteiger partial charge in [0.25, 0.3) is 0 Å². The van der Waals surface area contributed by atoms with Crippen LogP contribution in [0, 0.1) is 11.8 Å². The second-order valence-corrected chi connectivity index (χ2v) is 2.75. The van der Waals surface area contributed by atoms with Gasteiger partial charge in [0, 0.05) is 13.1 Å². The van der Waals surface area contributed by atoms with Crippen molar-refractivity contribution in [1.29, 1.82) is 0 Å². The number of aliphatic carboxylic acids is 1. The molecule has 0 aromatic heterocycles. The number of carboxylic acid groups (broad SMARTS) is 1. The average Bonchev–Trinajstić information content (AvgIpc) is 2.30. The molecule has 1 saturated heterocycles. The Labute approximate surface area is 66.6 Å². The van der Waals surface area contributed by atoms with Crippen LogP contribution in [0.3, 0.4) is 0 Å². The van der Waals surface area contributed by atoms with Gasteiger partial charge in [-0.2, -0.15) is 13.2 Å². The topological polar surface area (TPSA) is 49.3 Å². The van der Waals surface area contributed by atoms with Gasteiger partial charge in [-0.3, -0.25) is 4.79 Å². The van der Waals surface area contributed by atoms with E-state index in [0.29, 0.717) is 0 Å². The Morgan fingerprint density at radius 3 is 2.33 bits per heavy atom. The van der Waals surface area contributed by atoms with E-state index in [1.54, 1.807) is 0 Å². The molecule has 0 bridgehead atoms. The Balaban J connectivity index is 2.71. The van der Waals surface area contributed by atoms with Crippen LogP contribution in [0.15, 0.2) is 0 Å². The maximum absolute atomic E-state index is 12.1. The molecule has 0 amide bonds. The molecule has 6 heteroatoms. The number of hydrogen-bond acceptors (Lipinski definition) is 2. The van der Waals surface area contributed by atoms with E-state index in [-0.39, 0.29) is 13.1 Å². The number of carbonyl (C=O) groups is 1. The minimum Gasteiger partial charge on any atom is -0.481 e. The Hall–Kier alpha value is -0.780. The number of nitrogens with one attached hydrogen (secondary N) is 1. The molecule has 1 rings (SSSR count). The smallest absolute Gasteiger partial charge is 0.393 e. The summed E-state index contributed by atoms with van der Waals surface area (Å²) in [7, 11) is 0. The third-order valence-electron chi connectivity index (χ3n) is 1.95. The van der Waals surface area contributed by atoms with Crippen LogP contribution in [-0.2, 0) is 4.79 Å². The fraction of sp³-hybridized carbons (Fsp3) is 0.833. The van der Waals surface area contributed by atoms with Crippen molar-refractivity contribution in [2.24, 2.45) is 11.8 Å².